The van der Waals surface area contributed by atoms with Crippen LogP contribution < -0.4 is 5.32 Å². The Morgan fingerprint density at radius 3 is 1.90 bits per heavy atom. The molecule has 5 heteroatoms. The van der Waals surface area contributed by atoms with Crippen molar-refractivity contribution < 1.29 is 4.79 Å². The molecule has 0 atom stereocenters. The van der Waals surface area contributed by atoms with Gasteiger partial charge in [0.2, 0.25) is 0 Å². The molecule has 0 aliphatic rings. The minimum absolute atomic E-state index is 0.0328. The van der Waals surface area contributed by atoms with Gasteiger partial charge in [-0.3, -0.25) is 4.79 Å². The number of hydrogen-bond acceptors (Lipinski definition) is 4. The van der Waals surface area contributed by atoms with Crippen LogP contribution in [-0.4, -0.2) is 10.8 Å². The number of carbonyl (C=O) groups is 1. The number of amides is 1. The highest BCUT2D eigenvalue weighted by atomic mass is 16.1. The molecule has 0 heterocycles. The van der Waals surface area contributed by atoms with E-state index in [4.69, 9.17) is 0 Å². The highest BCUT2D eigenvalue weighted by molar-refractivity contribution is 6.07. The molecule has 1 N–H and O–H groups in total. The number of para-hydroxylation sites is 1. The highest BCUT2D eigenvalue weighted by Crippen LogP contribution is 2.16. The number of anilines is 1. The molecule has 30 heavy (non-hydrogen) atoms. The van der Waals surface area contributed by atoms with Crippen LogP contribution in [0.3, 0.4) is 0 Å². The molecule has 1 amide bonds. The Morgan fingerprint density at radius 1 is 0.833 bits per heavy atom. The van der Waals surface area contributed by atoms with Crippen molar-refractivity contribution >= 4 is 11.6 Å². The number of rotatable bonds is 7. The molecule has 3 aromatic carbocycles. The fourth-order valence-electron chi connectivity index (χ4n) is 2.98. The van der Waals surface area contributed by atoms with Crippen molar-refractivity contribution in [2.75, 3.05) is 5.32 Å². The SMILES string of the molecule is N#C/C(=C/N(Cc1ccccc1)Cc1ccccc1)C(=O)Nc1ccccc1C#N. The second-order valence-corrected chi connectivity index (χ2v) is 6.64. The monoisotopic (exact) mass is 392 g/mol. The molecular formula is C25H20N4O. The van der Waals surface area contributed by atoms with E-state index in [-0.39, 0.29) is 5.57 Å². The number of nitrogens with zero attached hydrogens (tertiary/aromatic N) is 3. The molecule has 5 nitrogen and oxygen atoms in total. The largest absolute Gasteiger partial charge is 0.367 e. The molecule has 3 aromatic rings. The first-order valence-electron chi connectivity index (χ1n) is 9.44. The minimum atomic E-state index is -0.550. The molecule has 0 aliphatic heterocycles. The van der Waals surface area contributed by atoms with E-state index in [0.717, 1.165) is 11.1 Å². The van der Waals surface area contributed by atoms with E-state index < -0.39 is 5.91 Å². The molecule has 0 saturated heterocycles. The van der Waals surface area contributed by atoms with Gasteiger partial charge in [0, 0.05) is 19.3 Å². The smallest absolute Gasteiger partial charge is 0.267 e. The second kappa shape index (κ2) is 10.3. The first-order chi connectivity index (χ1) is 14.7. The standard InChI is InChI=1S/C25H20N4O/c26-15-22-13-7-8-14-24(22)28-25(30)23(16-27)19-29(17-20-9-3-1-4-10-20)18-21-11-5-2-6-12-21/h1-14,19H,17-18H2,(H,28,30)/b23-19-. The van der Waals surface area contributed by atoms with Crippen LogP contribution in [0.1, 0.15) is 16.7 Å². The van der Waals surface area contributed by atoms with Gasteiger partial charge >= 0.3 is 0 Å². The summed E-state index contributed by atoms with van der Waals surface area (Å²) in [5.74, 6) is -0.550. The van der Waals surface area contributed by atoms with Crippen molar-refractivity contribution in [2.45, 2.75) is 13.1 Å². The van der Waals surface area contributed by atoms with Crippen LogP contribution in [0.25, 0.3) is 0 Å². The van der Waals surface area contributed by atoms with Crippen LogP contribution in [0.15, 0.2) is 96.7 Å². The van der Waals surface area contributed by atoms with Crippen molar-refractivity contribution in [3.05, 3.63) is 113 Å². The third-order valence-corrected chi connectivity index (χ3v) is 4.43. The topological polar surface area (TPSA) is 79.9 Å². The summed E-state index contributed by atoms with van der Waals surface area (Å²) in [5, 5.41) is 21.5. The molecule has 0 aromatic heterocycles. The maximum Gasteiger partial charge on any atom is 0.267 e. The van der Waals surface area contributed by atoms with E-state index in [0.29, 0.717) is 24.3 Å². The quantitative estimate of drug-likeness (QED) is 0.470. The van der Waals surface area contributed by atoms with Crippen molar-refractivity contribution in [3.63, 3.8) is 0 Å². The molecule has 0 saturated carbocycles. The van der Waals surface area contributed by atoms with Gasteiger partial charge in [-0.1, -0.05) is 72.8 Å². The first kappa shape index (κ1) is 20.4. The summed E-state index contributed by atoms with van der Waals surface area (Å²) in [5.41, 5.74) is 2.82. The molecule has 0 unspecified atom stereocenters. The zero-order chi connectivity index (χ0) is 21.2. The van der Waals surface area contributed by atoms with Gasteiger partial charge in [-0.15, -0.1) is 0 Å². The number of carbonyl (C=O) groups excluding carboxylic acids is 1. The fraction of sp³-hybridized carbons (Fsp3) is 0.0800. The number of benzene rings is 3. The van der Waals surface area contributed by atoms with Crippen molar-refractivity contribution in [1.29, 1.82) is 10.5 Å². The average molecular weight is 392 g/mol. The Balaban J connectivity index is 1.85. The lowest BCUT2D eigenvalue weighted by molar-refractivity contribution is -0.112. The van der Waals surface area contributed by atoms with Crippen LogP contribution in [0.2, 0.25) is 0 Å². The van der Waals surface area contributed by atoms with Crippen molar-refractivity contribution in [1.82, 2.24) is 4.90 Å². The van der Waals surface area contributed by atoms with E-state index in [2.05, 4.69) is 5.32 Å². The number of hydrogen-bond donors (Lipinski definition) is 1. The van der Waals surface area contributed by atoms with Gasteiger partial charge in [-0.2, -0.15) is 10.5 Å². The van der Waals surface area contributed by atoms with E-state index >= 15 is 0 Å². The molecule has 0 aliphatic carbocycles. The lowest BCUT2D eigenvalue weighted by atomic mass is 10.1. The first-order valence-corrected chi connectivity index (χ1v) is 9.44. The number of nitrogens with one attached hydrogen (secondary N) is 1. The fourth-order valence-corrected chi connectivity index (χ4v) is 2.98. The summed E-state index contributed by atoms with van der Waals surface area (Å²) < 4.78 is 0. The predicted octanol–water partition coefficient (Wildman–Crippen LogP) is 4.61. The third kappa shape index (κ3) is 5.58. The number of nitriles is 2. The zero-order valence-electron chi connectivity index (χ0n) is 16.3. The highest BCUT2D eigenvalue weighted by Gasteiger charge is 2.14. The van der Waals surface area contributed by atoms with Gasteiger partial charge in [-0.05, 0) is 23.3 Å². The van der Waals surface area contributed by atoms with E-state index in [1.807, 2.05) is 77.7 Å². The summed E-state index contributed by atoms with van der Waals surface area (Å²) in [7, 11) is 0. The summed E-state index contributed by atoms with van der Waals surface area (Å²) in [4.78, 5) is 14.6. The summed E-state index contributed by atoms with van der Waals surface area (Å²) in [6, 6.07) is 30.4. The maximum absolute atomic E-state index is 12.7. The van der Waals surface area contributed by atoms with Crippen molar-refractivity contribution in [3.8, 4) is 12.1 Å². The molecule has 0 bridgehead atoms. The second-order valence-electron chi connectivity index (χ2n) is 6.64. The normalized spacial score (nSPS) is 10.5. The molecular weight excluding hydrogens is 372 g/mol. The lowest BCUT2D eigenvalue weighted by Gasteiger charge is -2.21. The lowest BCUT2D eigenvalue weighted by Crippen LogP contribution is -2.21. The van der Waals surface area contributed by atoms with Crippen LogP contribution >= 0.6 is 0 Å². The van der Waals surface area contributed by atoms with Gasteiger partial charge in [0.1, 0.15) is 17.7 Å². The molecule has 3 rings (SSSR count). The Kier molecular flexibility index (Phi) is 6.97. The maximum atomic E-state index is 12.7. The average Bonchev–Trinajstić information content (AvgIpc) is 2.79. The van der Waals surface area contributed by atoms with Crippen LogP contribution in [0, 0.1) is 22.7 Å². The van der Waals surface area contributed by atoms with Gasteiger partial charge in [0.05, 0.1) is 11.3 Å². The van der Waals surface area contributed by atoms with Gasteiger partial charge in [-0.25, -0.2) is 0 Å². The van der Waals surface area contributed by atoms with E-state index in [1.165, 1.54) is 0 Å². The summed E-state index contributed by atoms with van der Waals surface area (Å²) in [6.45, 7) is 1.09. The van der Waals surface area contributed by atoms with Crippen LogP contribution in [0.4, 0.5) is 5.69 Å². The van der Waals surface area contributed by atoms with E-state index in [9.17, 15) is 15.3 Å². The van der Waals surface area contributed by atoms with Crippen LogP contribution in [-0.2, 0) is 17.9 Å². The summed E-state index contributed by atoms with van der Waals surface area (Å²) in [6.07, 6.45) is 1.57. The summed E-state index contributed by atoms with van der Waals surface area (Å²) >= 11 is 0. The molecule has 146 valence electrons. The van der Waals surface area contributed by atoms with Gasteiger partial charge < -0.3 is 10.2 Å². The molecule has 0 spiro atoms. The van der Waals surface area contributed by atoms with E-state index in [1.54, 1.807) is 30.5 Å². The molecule has 0 fully saturated rings. The van der Waals surface area contributed by atoms with Gasteiger partial charge in [0.15, 0.2) is 0 Å². The Bertz CT molecular complexity index is 1070. The predicted molar refractivity (Wildman–Crippen MR) is 116 cm³/mol. The van der Waals surface area contributed by atoms with Crippen LogP contribution in [0.5, 0.6) is 0 Å². The Hall–Kier alpha value is -4.35. The van der Waals surface area contributed by atoms with Crippen molar-refractivity contribution in [2.24, 2.45) is 0 Å². The zero-order valence-corrected chi connectivity index (χ0v) is 16.3. The third-order valence-electron chi connectivity index (χ3n) is 4.43. The molecule has 0 radical (unpaired) electrons. The van der Waals surface area contributed by atoms with Gasteiger partial charge in [0.25, 0.3) is 5.91 Å². The Morgan fingerprint density at radius 2 is 1.37 bits per heavy atom. The Labute approximate surface area is 176 Å². The minimum Gasteiger partial charge on any atom is -0.367 e.